The van der Waals surface area contributed by atoms with Gasteiger partial charge in [0.25, 0.3) is 0 Å². The van der Waals surface area contributed by atoms with Crippen molar-refractivity contribution in [3.8, 4) is 0 Å². The van der Waals surface area contributed by atoms with Crippen molar-refractivity contribution in [1.82, 2.24) is 4.90 Å². The first-order chi connectivity index (χ1) is 9.80. The molecule has 1 heterocycles. The molecule has 1 saturated carbocycles. The quantitative estimate of drug-likeness (QED) is 0.590. The molecule has 0 N–H and O–H groups in total. The SMILES string of the molecule is CCC1(C)CCC(=O)N(CC(=O)OC2(C)CCCC2)C1=O. The highest BCUT2D eigenvalue weighted by molar-refractivity contribution is 6.02. The fraction of sp³-hybridized carbons (Fsp3) is 0.812. The summed E-state index contributed by atoms with van der Waals surface area (Å²) in [6, 6.07) is 0. The van der Waals surface area contributed by atoms with Crippen LogP contribution in [0.2, 0.25) is 0 Å². The molecule has 5 heteroatoms. The summed E-state index contributed by atoms with van der Waals surface area (Å²) in [5.74, 6) is -0.976. The van der Waals surface area contributed by atoms with Crippen LogP contribution in [-0.2, 0) is 19.1 Å². The van der Waals surface area contributed by atoms with Crippen LogP contribution < -0.4 is 0 Å². The Morgan fingerprint density at radius 3 is 2.38 bits per heavy atom. The first-order valence-corrected chi connectivity index (χ1v) is 7.86. The molecule has 5 nitrogen and oxygen atoms in total. The third-order valence-electron chi connectivity index (χ3n) is 5.04. The maximum absolute atomic E-state index is 12.4. The van der Waals surface area contributed by atoms with E-state index in [1.807, 2.05) is 20.8 Å². The Balaban J connectivity index is 2.01. The van der Waals surface area contributed by atoms with E-state index in [-0.39, 0.29) is 18.4 Å². The van der Waals surface area contributed by atoms with Crippen molar-refractivity contribution in [3.05, 3.63) is 0 Å². The van der Waals surface area contributed by atoms with Crippen molar-refractivity contribution in [2.45, 2.75) is 71.3 Å². The van der Waals surface area contributed by atoms with Crippen LogP contribution in [0.25, 0.3) is 0 Å². The summed E-state index contributed by atoms with van der Waals surface area (Å²) in [6.07, 6.45) is 5.37. The molecule has 2 fully saturated rings. The molecule has 0 aromatic rings. The lowest BCUT2D eigenvalue weighted by Gasteiger charge is -2.37. The van der Waals surface area contributed by atoms with Gasteiger partial charge in [0.15, 0.2) is 0 Å². The Morgan fingerprint density at radius 2 is 1.81 bits per heavy atom. The Bertz CT molecular complexity index is 453. The van der Waals surface area contributed by atoms with Crippen molar-refractivity contribution in [3.63, 3.8) is 0 Å². The molecule has 2 aliphatic rings. The highest BCUT2D eigenvalue weighted by Crippen LogP contribution is 2.35. The van der Waals surface area contributed by atoms with Gasteiger partial charge < -0.3 is 4.74 Å². The number of nitrogens with zero attached hydrogens (tertiary/aromatic N) is 1. The smallest absolute Gasteiger partial charge is 0.326 e. The number of rotatable bonds is 4. The Morgan fingerprint density at radius 1 is 1.19 bits per heavy atom. The van der Waals surface area contributed by atoms with E-state index in [9.17, 15) is 14.4 Å². The van der Waals surface area contributed by atoms with E-state index in [1.165, 1.54) is 0 Å². The first-order valence-electron chi connectivity index (χ1n) is 7.86. The highest BCUT2D eigenvalue weighted by Gasteiger charge is 2.43. The largest absolute Gasteiger partial charge is 0.458 e. The van der Waals surface area contributed by atoms with Gasteiger partial charge in [-0.15, -0.1) is 0 Å². The number of carbonyl (C=O) groups excluding carboxylic acids is 3. The monoisotopic (exact) mass is 295 g/mol. The van der Waals surface area contributed by atoms with Gasteiger partial charge in [-0.05, 0) is 45.4 Å². The summed E-state index contributed by atoms with van der Waals surface area (Å²) in [4.78, 5) is 37.6. The number of imide groups is 1. The van der Waals surface area contributed by atoms with Crippen molar-refractivity contribution < 1.29 is 19.1 Å². The molecule has 1 aliphatic heterocycles. The lowest BCUT2D eigenvalue weighted by Crippen LogP contribution is -2.52. The summed E-state index contributed by atoms with van der Waals surface area (Å²) in [6.45, 7) is 5.47. The lowest BCUT2D eigenvalue weighted by molar-refractivity contribution is -0.169. The van der Waals surface area contributed by atoms with Crippen LogP contribution in [0.1, 0.15) is 65.7 Å². The number of hydrogen-bond acceptors (Lipinski definition) is 4. The predicted octanol–water partition coefficient (Wildman–Crippen LogP) is 2.43. The molecule has 118 valence electrons. The van der Waals surface area contributed by atoms with Crippen LogP contribution in [0.4, 0.5) is 0 Å². The van der Waals surface area contributed by atoms with E-state index in [2.05, 4.69) is 0 Å². The van der Waals surface area contributed by atoms with Crippen LogP contribution in [0.3, 0.4) is 0 Å². The number of ether oxygens (including phenoxy) is 1. The predicted molar refractivity (Wildman–Crippen MR) is 77.3 cm³/mol. The Kier molecular flexibility index (Phi) is 4.40. The summed E-state index contributed by atoms with van der Waals surface area (Å²) < 4.78 is 5.51. The summed E-state index contributed by atoms with van der Waals surface area (Å²) in [7, 11) is 0. The molecule has 0 aromatic heterocycles. The molecule has 1 saturated heterocycles. The van der Waals surface area contributed by atoms with E-state index in [0.717, 1.165) is 30.6 Å². The molecule has 21 heavy (non-hydrogen) atoms. The van der Waals surface area contributed by atoms with Crippen molar-refractivity contribution in [2.24, 2.45) is 5.41 Å². The minimum Gasteiger partial charge on any atom is -0.458 e. The molecular formula is C16H25NO4. The normalized spacial score (nSPS) is 28.8. The van der Waals surface area contributed by atoms with E-state index < -0.39 is 17.0 Å². The minimum atomic E-state index is -0.536. The third kappa shape index (κ3) is 3.27. The fourth-order valence-electron chi connectivity index (χ4n) is 3.21. The van der Waals surface area contributed by atoms with E-state index >= 15 is 0 Å². The van der Waals surface area contributed by atoms with E-state index in [4.69, 9.17) is 4.74 Å². The van der Waals surface area contributed by atoms with Gasteiger partial charge in [-0.1, -0.05) is 13.8 Å². The van der Waals surface area contributed by atoms with Gasteiger partial charge in [-0.25, -0.2) is 0 Å². The zero-order valence-corrected chi connectivity index (χ0v) is 13.2. The molecule has 2 amide bonds. The molecule has 0 bridgehead atoms. The summed E-state index contributed by atoms with van der Waals surface area (Å²) in [5.41, 5.74) is -0.960. The van der Waals surface area contributed by atoms with E-state index in [0.29, 0.717) is 19.3 Å². The van der Waals surface area contributed by atoms with Gasteiger partial charge in [0.1, 0.15) is 12.1 Å². The second kappa shape index (κ2) is 5.78. The maximum atomic E-state index is 12.4. The number of amides is 2. The third-order valence-corrected chi connectivity index (χ3v) is 5.04. The topological polar surface area (TPSA) is 63.7 Å². The fourth-order valence-corrected chi connectivity index (χ4v) is 3.21. The van der Waals surface area contributed by atoms with Gasteiger partial charge in [0, 0.05) is 11.8 Å². The molecular weight excluding hydrogens is 270 g/mol. The van der Waals surface area contributed by atoms with Crippen molar-refractivity contribution in [2.75, 3.05) is 6.54 Å². The van der Waals surface area contributed by atoms with Crippen LogP contribution in [0.5, 0.6) is 0 Å². The van der Waals surface area contributed by atoms with Crippen LogP contribution in [0, 0.1) is 5.41 Å². The average Bonchev–Trinajstić information content (AvgIpc) is 2.85. The van der Waals surface area contributed by atoms with Gasteiger partial charge in [0.05, 0.1) is 0 Å². The lowest BCUT2D eigenvalue weighted by atomic mass is 9.78. The molecule has 2 rings (SSSR count). The van der Waals surface area contributed by atoms with Crippen molar-refractivity contribution in [1.29, 1.82) is 0 Å². The standard InChI is InChI=1S/C16H25NO4/c1-4-15(2)10-7-12(18)17(14(15)20)11-13(19)21-16(3)8-5-6-9-16/h4-11H2,1-3H3. The minimum absolute atomic E-state index is 0.241. The second-order valence-electron chi connectivity index (χ2n) is 6.83. The van der Waals surface area contributed by atoms with E-state index in [1.54, 1.807) is 0 Å². The number of esters is 1. The van der Waals surface area contributed by atoms with Crippen LogP contribution in [0.15, 0.2) is 0 Å². The van der Waals surface area contributed by atoms with Gasteiger partial charge in [-0.3, -0.25) is 19.3 Å². The van der Waals surface area contributed by atoms with Gasteiger partial charge >= 0.3 is 5.97 Å². The molecule has 0 radical (unpaired) electrons. The molecule has 1 unspecified atom stereocenters. The second-order valence-corrected chi connectivity index (χ2v) is 6.83. The number of likely N-dealkylation sites (tertiary alicyclic amines) is 1. The molecule has 0 aromatic carbocycles. The average molecular weight is 295 g/mol. The number of carbonyl (C=O) groups is 3. The molecule has 0 spiro atoms. The van der Waals surface area contributed by atoms with Crippen molar-refractivity contribution >= 4 is 17.8 Å². The van der Waals surface area contributed by atoms with Gasteiger partial charge in [-0.2, -0.15) is 0 Å². The zero-order valence-electron chi connectivity index (χ0n) is 13.2. The van der Waals surface area contributed by atoms with Gasteiger partial charge in [0.2, 0.25) is 11.8 Å². The van der Waals surface area contributed by atoms with Crippen LogP contribution >= 0.6 is 0 Å². The Labute approximate surface area is 126 Å². The summed E-state index contributed by atoms with van der Waals surface area (Å²) in [5, 5.41) is 0. The Hall–Kier alpha value is -1.39. The molecule has 1 aliphatic carbocycles. The first kappa shape index (κ1) is 16.0. The zero-order chi connectivity index (χ0) is 15.7. The number of hydrogen-bond donors (Lipinski definition) is 0. The molecule has 1 atom stereocenters. The summed E-state index contributed by atoms with van der Waals surface area (Å²) >= 11 is 0. The highest BCUT2D eigenvalue weighted by atomic mass is 16.6. The number of piperidine rings is 1. The maximum Gasteiger partial charge on any atom is 0.326 e. The van der Waals surface area contributed by atoms with Crippen LogP contribution in [-0.4, -0.2) is 34.8 Å².